The molecule has 0 aromatic heterocycles. The van der Waals surface area contributed by atoms with Gasteiger partial charge in [0.2, 0.25) is 0 Å². The highest BCUT2D eigenvalue weighted by Crippen LogP contribution is 2.37. The SMILES string of the molecule is COc1ccc(Nc2c([N+](=O)[O-])ccc(Cl)c2C(=O)O)cc1OC. The van der Waals surface area contributed by atoms with Crippen LogP contribution in [0.2, 0.25) is 5.02 Å². The first-order chi connectivity index (χ1) is 11.4. The summed E-state index contributed by atoms with van der Waals surface area (Å²) in [5.41, 5.74) is -0.639. The Morgan fingerprint density at radius 2 is 1.88 bits per heavy atom. The average molecular weight is 353 g/mol. The van der Waals surface area contributed by atoms with E-state index in [2.05, 4.69) is 5.32 Å². The van der Waals surface area contributed by atoms with Crippen molar-refractivity contribution in [1.29, 1.82) is 0 Å². The highest BCUT2D eigenvalue weighted by molar-refractivity contribution is 6.34. The second kappa shape index (κ2) is 7.05. The van der Waals surface area contributed by atoms with Gasteiger partial charge in [0.15, 0.2) is 11.5 Å². The third-order valence-corrected chi connectivity index (χ3v) is 3.51. The fourth-order valence-electron chi connectivity index (χ4n) is 2.11. The Balaban J connectivity index is 2.58. The van der Waals surface area contributed by atoms with Gasteiger partial charge in [0.1, 0.15) is 11.3 Å². The zero-order valence-corrected chi connectivity index (χ0v) is 13.5. The molecule has 0 saturated heterocycles. The van der Waals surface area contributed by atoms with Gasteiger partial charge in [0.05, 0.1) is 24.2 Å². The average Bonchev–Trinajstić information content (AvgIpc) is 2.54. The fourth-order valence-corrected chi connectivity index (χ4v) is 2.35. The molecule has 0 aliphatic carbocycles. The number of anilines is 2. The van der Waals surface area contributed by atoms with Crippen molar-refractivity contribution in [1.82, 2.24) is 0 Å². The first-order valence-electron chi connectivity index (χ1n) is 6.58. The number of hydrogen-bond donors (Lipinski definition) is 2. The van der Waals surface area contributed by atoms with Crippen LogP contribution in [0.4, 0.5) is 17.1 Å². The molecule has 0 unspecified atom stereocenters. The molecule has 0 radical (unpaired) electrons. The van der Waals surface area contributed by atoms with Crippen LogP contribution in [-0.4, -0.2) is 30.2 Å². The van der Waals surface area contributed by atoms with Gasteiger partial charge < -0.3 is 19.9 Å². The van der Waals surface area contributed by atoms with Crippen LogP contribution in [0.25, 0.3) is 0 Å². The van der Waals surface area contributed by atoms with Gasteiger partial charge in [0, 0.05) is 17.8 Å². The van der Waals surface area contributed by atoms with E-state index in [9.17, 15) is 20.0 Å². The Morgan fingerprint density at radius 1 is 1.21 bits per heavy atom. The molecule has 2 aromatic rings. The highest BCUT2D eigenvalue weighted by atomic mass is 35.5. The molecule has 24 heavy (non-hydrogen) atoms. The number of halogens is 1. The molecular formula is C15H13ClN2O6. The van der Waals surface area contributed by atoms with Crippen molar-refractivity contribution >= 4 is 34.6 Å². The minimum atomic E-state index is -1.38. The van der Waals surface area contributed by atoms with Crippen LogP contribution in [0.3, 0.4) is 0 Å². The normalized spacial score (nSPS) is 10.1. The number of benzene rings is 2. The minimum absolute atomic E-state index is 0.115. The number of carboxylic acids is 1. The molecule has 2 aromatic carbocycles. The molecule has 126 valence electrons. The zero-order chi connectivity index (χ0) is 17.9. The largest absolute Gasteiger partial charge is 0.493 e. The van der Waals surface area contributed by atoms with E-state index in [1.807, 2.05) is 0 Å². The Morgan fingerprint density at radius 3 is 2.42 bits per heavy atom. The molecule has 0 aliphatic heterocycles. The summed E-state index contributed by atoms with van der Waals surface area (Å²) in [6, 6.07) is 6.98. The third-order valence-electron chi connectivity index (χ3n) is 3.20. The van der Waals surface area contributed by atoms with Crippen molar-refractivity contribution in [2.45, 2.75) is 0 Å². The molecule has 0 amide bonds. The smallest absolute Gasteiger partial charge is 0.339 e. The number of nitro groups is 1. The van der Waals surface area contributed by atoms with Gasteiger partial charge in [0.25, 0.3) is 5.69 Å². The predicted molar refractivity (Wildman–Crippen MR) is 87.9 cm³/mol. The summed E-state index contributed by atoms with van der Waals surface area (Å²) in [6.45, 7) is 0. The predicted octanol–water partition coefficient (Wildman–Crippen LogP) is 3.71. The maximum absolute atomic E-state index is 11.4. The number of nitrogens with zero attached hydrogens (tertiary/aromatic N) is 1. The van der Waals surface area contributed by atoms with E-state index < -0.39 is 16.6 Å². The lowest BCUT2D eigenvalue weighted by Crippen LogP contribution is -2.07. The van der Waals surface area contributed by atoms with Crippen molar-refractivity contribution in [2.24, 2.45) is 0 Å². The number of ether oxygens (including phenoxy) is 2. The van der Waals surface area contributed by atoms with Gasteiger partial charge >= 0.3 is 5.97 Å². The number of hydrogen-bond acceptors (Lipinski definition) is 6. The summed E-state index contributed by atoms with van der Waals surface area (Å²) >= 11 is 5.89. The minimum Gasteiger partial charge on any atom is -0.493 e. The van der Waals surface area contributed by atoms with E-state index in [-0.39, 0.29) is 16.3 Å². The number of carboxylic acid groups (broad SMARTS) is 1. The molecular weight excluding hydrogens is 340 g/mol. The molecule has 0 spiro atoms. The van der Waals surface area contributed by atoms with Gasteiger partial charge in [-0.25, -0.2) is 4.79 Å². The summed E-state index contributed by atoms with van der Waals surface area (Å²) in [7, 11) is 2.90. The molecule has 0 aliphatic rings. The van der Waals surface area contributed by atoms with E-state index in [1.165, 1.54) is 26.4 Å². The third kappa shape index (κ3) is 3.33. The molecule has 0 fully saturated rings. The molecule has 0 saturated carbocycles. The van der Waals surface area contributed by atoms with E-state index in [1.54, 1.807) is 12.1 Å². The van der Waals surface area contributed by atoms with Gasteiger partial charge in [-0.05, 0) is 18.2 Å². The van der Waals surface area contributed by atoms with Gasteiger partial charge in [-0.3, -0.25) is 10.1 Å². The van der Waals surface area contributed by atoms with Crippen LogP contribution in [0, 0.1) is 10.1 Å². The second-order valence-electron chi connectivity index (χ2n) is 4.57. The Hall–Kier alpha value is -3.00. The molecule has 0 bridgehead atoms. The highest BCUT2D eigenvalue weighted by Gasteiger charge is 2.25. The summed E-state index contributed by atoms with van der Waals surface area (Å²) in [4.78, 5) is 22.0. The van der Waals surface area contributed by atoms with E-state index in [0.717, 1.165) is 6.07 Å². The van der Waals surface area contributed by atoms with Crippen LogP contribution >= 0.6 is 11.6 Å². The van der Waals surface area contributed by atoms with Crippen molar-refractivity contribution in [2.75, 3.05) is 19.5 Å². The van der Waals surface area contributed by atoms with E-state index in [0.29, 0.717) is 17.2 Å². The quantitative estimate of drug-likeness (QED) is 0.602. The lowest BCUT2D eigenvalue weighted by atomic mass is 10.1. The zero-order valence-electron chi connectivity index (χ0n) is 12.7. The Bertz CT molecular complexity index is 809. The topological polar surface area (TPSA) is 111 Å². The van der Waals surface area contributed by atoms with Crippen molar-refractivity contribution in [3.8, 4) is 11.5 Å². The van der Waals surface area contributed by atoms with Crippen LogP contribution in [0.1, 0.15) is 10.4 Å². The molecule has 8 nitrogen and oxygen atoms in total. The summed E-state index contributed by atoms with van der Waals surface area (Å²) in [6.07, 6.45) is 0. The number of aromatic carboxylic acids is 1. The van der Waals surface area contributed by atoms with E-state index in [4.69, 9.17) is 21.1 Å². The number of rotatable bonds is 6. The standard InChI is InChI=1S/C15H13ClN2O6/c1-23-11-6-3-8(7-12(11)24-2)17-14-10(18(21)22)5-4-9(16)13(14)15(19)20/h3-7,17H,1-2H3,(H,19,20). The summed E-state index contributed by atoms with van der Waals surface area (Å²) < 4.78 is 10.3. The van der Waals surface area contributed by atoms with E-state index >= 15 is 0 Å². The van der Waals surface area contributed by atoms with Crippen molar-refractivity contribution < 1.29 is 24.3 Å². The Labute approximate surface area is 141 Å². The van der Waals surface area contributed by atoms with Crippen molar-refractivity contribution in [3.05, 3.63) is 51.0 Å². The number of nitrogens with one attached hydrogen (secondary N) is 1. The Kier molecular flexibility index (Phi) is 5.10. The number of carbonyl (C=O) groups is 1. The number of methoxy groups -OCH3 is 2. The second-order valence-corrected chi connectivity index (χ2v) is 4.98. The maximum atomic E-state index is 11.4. The molecule has 2 rings (SSSR count). The van der Waals surface area contributed by atoms with Crippen LogP contribution in [-0.2, 0) is 0 Å². The monoisotopic (exact) mass is 352 g/mol. The van der Waals surface area contributed by atoms with Crippen LogP contribution < -0.4 is 14.8 Å². The molecule has 2 N–H and O–H groups in total. The van der Waals surface area contributed by atoms with Gasteiger partial charge in [-0.2, -0.15) is 0 Å². The van der Waals surface area contributed by atoms with Crippen molar-refractivity contribution in [3.63, 3.8) is 0 Å². The van der Waals surface area contributed by atoms with Crippen LogP contribution in [0.15, 0.2) is 30.3 Å². The first-order valence-corrected chi connectivity index (χ1v) is 6.96. The molecule has 0 heterocycles. The summed E-state index contributed by atoms with van der Waals surface area (Å²) in [5, 5.41) is 23.1. The van der Waals surface area contributed by atoms with Gasteiger partial charge in [-0.1, -0.05) is 11.6 Å². The van der Waals surface area contributed by atoms with Gasteiger partial charge in [-0.15, -0.1) is 0 Å². The maximum Gasteiger partial charge on any atom is 0.339 e. The molecule has 9 heteroatoms. The summed E-state index contributed by atoms with van der Waals surface area (Å²) in [5.74, 6) is -0.544. The molecule has 0 atom stereocenters. The lowest BCUT2D eigenvalue weighted by molar-refractivity contribution is -0.383. The first kappa shape index (κ1) is 17.4. The fraction of sp³-hybridized carbons (Fsp3) is 0.133. The number of nitro benzene ring substituents is 1. The van der Waals surface area contributed by atoms with Crippen LogP contribution in [0.5, 0.6) is 11.5 Å². The lowest BCUT2D eigenvalue weighted by Gasteiger charge is -2.13.